The second-order valence-corrected chi connectivity index (χ2v) is 6.92. The number of para-hydroxylation sites is 2. The molecule has 0 saturated carbocycles. The highest BCUT2D eigenvalue weighted by Gasteiger charge is 2.13. The highest BCUT2D eigenvalue weighted by Crippen LogP contribution is 2.35. The lowest BCUT2D eigenvalue weighted by Crippen LogP contribution is -2.19. The van der Waals surface area contributed by atoms with Gasteiger partial charge in [-0.05, 0) is 48.5 Å². The normalized spacial score (nSPS) is 10.6. The van der Waals surface area contributed by atoms with Gasteiger partial charge in [-0.15, -0.1) is 0 Å². The lowest BCUT2D eigenvalue weighted by molar-refractivity contribution is 0.262. The van der Waals surface area contributed by atoms with Crippen LogP contribution < -0.4 is 15.4 Å². The van der Waals surface area contributed by atoms with E-state index in [1.807, 2.05) is 54.6 Å². The lowest BCUT2D eigenvalue weighted by Gasteiger charge is -2.12. The van der Waals surface area contributed by atoms with Gasteiger partial charge in [0.15, 0.2) is 5.65 Å². The van der Waals surface area contributed by atoms with Gasteiger partial charge in [0.05, 0.1) is 17.3 Å². The average Bonchev–Trinajstić information content (AvgIpc) is 3.31. The molecule has 0 atom stereocenters. The van der Waals surface area contributed by atoms with Gasteiger partial charge in [0, 0.05) is 16.9 Å². The summed E-state index contributed by atoms with van der Waals surface area (Å²) in [5.74, 6) is 1.28. The summed E-state index contributed by atoms with van der Waals surface area (Å²) in [5, 5.41) is 13.3. The molecule has 0 aliphatic rings. The summed E-state index contributed by atoms with van der Waals surface area (Å²) in [6.45, 7) is 0. The summed E-state index contributed by atoms with van der Waals surface area (Å²) in [4.78, 5) is 20.8. The number of carbonyl (C=O) groups excluding carboxylic acids is 1. The van der Waals surface area contributed by atoms with Crippen LogP contribution in [-0.2, 0) is 0 Å². The number of aromatic amines is 1. The largest absolute Gasteiger partial charge is 0.457 e. The van der Waals surface area contributed by atoms with E-state index < -0.39 is 0 Å². The van der Waals surface area contributed by atoms with Crippen LogP contribution in [0.4, 0.5) is 16.2 Å². The zero-order valence-electron chi connectivity index (χ0n) is 16.8. The molecule has 3 aromatic carbocycles. The third-order valence-electron chi connectivity index (χ3n) is 4.76. The van der Waals surface area contributed by atoms with Gasteiger partial charge in [-0.3, -0.25) is 5.10 Å². The summed E-state index contributed by atoms with van der Waals surface area (Å²) in [7, 11) is 0. The van der Waals surface area contributed by atoms with Crippen LogP contribution in [0.2, 0.25) is 0 Å². The number of nitrogens with one attached hydrogen (secondary N) is 3. The van der Waals surface area contributed by atoms with Crippen molar-refractivity contribution in [2.75, 3.05) is 10.6 Å². The molecule has 0 bridgehead atoms. The molecule has 32 heavy (non-hydrogen) atoms. The van der Waals surface area contributed by atoms with Crippen molar-refractivity contribution in [1.29, 1.82) is 0 Å². The van der Waals surface area contributed by atoms with Crippen LogP contribution >= 0.6 is 0 Å². The Kier molecular flexibility index (Phi) is 5.15. The summed E-state index contributed by atoms with van der Waals surface area (Å²) >= 11 is 0. The fourth-order valence-electron chi connectivity index (χ4n) is 3.28. The fraction of sp³-hybridized carbons (Fsp3) is 0. The highest BCUT2D eigenvalue weighted by molar-refractivity contribution is 5.99. The van der Waals surface area contributed by atoms with E-state index in [2.05, 4.69) is 30.8 Å². The maximum atomic E-state index is 12.2. The Morgan fingerprint density at radius 2 is 1.53 bits per heavy atom. The first-order chi connectivity index (χ1) is 15.8. The van der Waals surface area contributed by atoms with Crippen LogP contribution in [0.1, 0.15) is 0 Å². The number of carbonyl (C=O) groups is 1. The molecule has 0 spiro atoms. The van der Waals surface area contributed by atoms with E-state index >= 15 is 0 Å². The molecule has 0 aliphatic heterocycles. The van der Waals surface area contributed by atoms with Gasteiger partial charge in [-0.2, -0.15) is 5.10 Å². The van der Waals surface area contributed by atoms with Gasteiger partial charge in [0.25, 0.3) is 0 Å². The van der Waals surface area contributed by atoms with E-state index in [0.29, 0.717) is 22.8 Å². The predicted octanol–water partition coefficient (Wildman–Crippen LogP) is 5.46. The standard InChI is InChI=1S/C24H18N6O2/c31-24(28-16-6-2-1-3-7-16)29-17-10-12-18(13-11-17)32-21-9-5-4-8-19(21)22-20-14-27-30-23(20)26-15-25-22/h1-15H,(H2,28,29,31)(H,25,26,27,30). The minimum absolute atomic E-state index is 0.317. The molecule has 0 fully saturated rings. The number of urea groups is 1. The molecule has 3 N–H and O–H groups in total. The minimum Gasteiger partial charge on any atom is -0.457 e. The second kappa shape index (κ2) is 8.57. The molecule has 8 nitrogen and oxygen atoms in total. The van der Waals surface area contributed by atoms with E-state index in [9.17, 15) is 4.79 Å². The van der Waals surface area contributed by atoms with Crippen molar-refractivity contribution in [3.8, 4) is 22.8 Å². The van der Waals surface area contributed by atoms with Crippen molar-refractivity contribution in [2.45, 2.75) is 0 Å². The first kappa shape index (κ1) is 19.3. The Hall–Kier alpha value is -4.72. The van der Waals surface area contributed by atoms with Gasteiger partial charge in [0.1, 0.15) is 17.8 Å². The molecule has 0 unspecified atom stereocenters. The molecular formula is C24H18N6O2. The second-order valence-electron chi connectivity index (χ2n) is 6.92. The molecule has 5 aromatic rings. The molecule has 2 heterocycles. The van der Waals surface area contributed by atoms with E-state index in [1.54, 1.807) is 30.5 Å². The van der Waals surface area contributed by atoms with Crippen molar-refractivity contribution >= 4 is 28.4 Å². The summed E-state index contributed by atoms with van der Waals surface area (Å²) < 4.78 is 6.13. The third kappa shape index (κ3) is 4.10. The molecule has 8 heteroatoms. The lowest BCUT2D eigenvalue weighted by atomic mass is 10.1. The maximum Gasteiger partial charge on any atom is 0.323 e. The van der Waals surface area contributed by atoms with Crippen molar-refractivity contribution < 1.29 is 9.53 Å². The van der Waals surface area contributed by atoms with Gasteiger partial charge < -0.3 is 15.4 Å². The number of benzene rings is 3. The number of fused-ring (bicyclic) bond motifs is 1. The SMILES string of the molecule is O=C(Nc1ccccc1)Nc1ccc(Oc2ccccc2-c2ncnc3[nH]ncc23)cc1. The molecule has 0 saturated heterocycles. The van der Waals surface area contributed by atoms with Crippen molar-refractivity contribution in [3.05, 3.63) is 91.4 Å². The van der Waals surface area contributed by atoms with Crippen LogP contribution in [0, 0.1) is 0 Å². The van der Waals surface area contributed by atoms with Crippen molar-refractivity contribution in [2.24, 2.45) is 0 Å². The molecule has 0 aliphatic carbocycles. The van der Waals surface area contributed by atoms with E-state index in [1.165, 1.54) is 6.33 Å². The summed E-state index contributed by atoms with van der Waals surface area (Å²) in [5.41, 5.74) is 3.59. The number of amides is 2. The molecule has 156 valence electrons. The molecule has 0 radical (unpaired) electrons. The fourth-order valence-corrected chi connectivity index (χ4v) is 3.28. The van der Waals surface area contributed by atoms with Crippen LogP contribution in [-0.4, -0.2) is 26.2 Å². The van der Waals surface area contributed by atoms with E-state index in [4.69, 9.17) is 4.74 Å². The van der Waals surface area contributed by atoms with Gasteiger partial charge in [-0.1, -0.05) is 30.3 Å². The Morgan fingerprint density at radius 3 is 2.34 bits per heavy atom. The van der Waals surface area contributed by atoms with Crippen LogP contribution in [0.15, 0.2) is 91.4 Å². The average molecular weight is 422 g/mol. The van der Waals surface area contributed by atoms with Gasteiger partial charge >= 0.3 is 6.03 Å². The summed E-state index contributed by atoms with van der Waals surface area (Å²) in [6, 6.07) is 23.7. The summed E-state index contributed by atoms with van der Waals surface area (Å²) in [6.07, 6.45) is 3.19. The quantitative estimate of drug-likeness (QED) is 0.349. The number of nitrogens with zero attached hydrogens (tertiary/aromatic N) is 3. The highest BCUT2D eigenvalue weighted by atomic mass is 16.5. The Morgan fingerprint density at radius 1 is 0.812 bits per heavy atom. The Balaban J connectivity index is 1.32. The molecule has 2 amide bonds. The smallest absolute Gasteiger partial charge is 0.323 e. The zero-order valence-corrected chi connectivity index (χ0v) is 16.8. The number of rotatable bonds is 5. The number of ether oxygens (including phenoxy) is 1. The Bertz CT molecular complexity index is 1370. The number of aromatic nitrogens is 4. The molecule has 5 rings (SSSR count). The van der Waals surface area contributed by atoms with Crippen LogP contribution in [0.3, 0.4) is 0 Å². The van der Waals surface area contributed by atoms with Crippen LogP contribution in [0.25, 0.3) is 22.3 Å². The number of hydrogen-bond donors (Lipinski definition) is 3. The zero-order chi connectivity index (χ0) is 21.8. The van der Waals surface area contributed by atoms with Crippen molar-refractivity contribution in [1.82, 2.24) is 20.2 Å². The van der Waals surface area contributed by atoms with Gasteiger partial charge in [0.2, 0.25) is 0 Å². The number of H-pyrrole nitrogens is 1. The third-order valence-corrected chi connectivity index (χ3v) is 4.76. The molecule has 2 aromatic heterocycles. The maximum absolute atomic E-state index is 12.2. The van der Waals surface area contributed by atoms with Gasteiger partial charge in [-0.25, -0.2) is 14.8 Å². The van der Waals surface area contributed by atoms with E-state index in [0.717, 1.165) is 22.3 Å². The number of anilines is 2. The minimum atomic E-state index is -0.317. The Labute approximate surface area is 183 Å². The van der Waals surface area contributed by atoms with E-state index in [-0.39, 0.29) is 6.03 Å². The molecular weight excluding hydrogens is 404 g/mol. The topological polar surface area (TPSA) is 105 Å². The first-order valence-corrected chi connectivity index (χ1v) is 9.91. The predicted molar refractivity (Wildman–Crippen MR) is 123 cm³/mol. The van der Waals surface area contributed by atoms with Crippen molar-refractivity contribution in [3.63, 3.8) is 0 Å². The number of hydrogen-bond acceptors (Lipinski definition) is 5. The first-order valence-electron chi connectivity index (χ1n) is 9.91. The monoisotopic (exact) mass is 422 g/mol. The van der Waals surface area contributed by atoms with Crippen LogP contribution in [0.5, 0.6) is 11.5 Å².